The molecule has 0 radical (unpaired) electrons. The van der Waals surface area contributed by atoms with E-state index in [9.17, 15) is 5.26 Å². The van der Waals surface area contributed by atoms with Gasteiger partial charge in [0, 0.05) is 11.6 Å². The zero-order chi connectivity index (χ0) is 21.2. The van der Waals surface area contributed by atoms with Crippen LogP contribution in [0.15, 0.2) is 53.7 Å². The van der Waals surface area contributed by atoms with Crippen LogP contribution in [0.5, 0.6) is 5.75 Å². The number of aromatic amines is 1. The maximum Gasteiger partial charge on any atom is 0.190 e. The Kier molecular flexibility index (Phi) is 5.18. The molecule has 0 unspecified atom stereocenters. The summed E-state index contributed by atoms with van der Waals surface area (Å²) >= 11 is 1.50. The van der Waals surface area contributed by atoms with Crippen molar-refractivity contribution in [3.8, 4) is 23.1 Å². The van der Waals surface area contributed by atoms with E-state index in [-0.39, 0.29) is 0 Å². The molecule has 2 heterocycles. The molecule has 0 atom stereocenters. The van der Waals surface area contributed by atoms with E-state index in [1.54, 1.807) is 7.11 Å². The van der Waals surface area contributed by atoms with Gasteiger partial charge in [-0.05, 0) is 49.2 Å². The van der Waals surface area contributed by atoms with Crippen molar-refractivity contribution in [3.63, 3.8) is 0 Å². The molecule has 0 amide bonds. The second-order valence-electron chi connectivity index (χ2n) is 7.33. The van der Waals surface area contributed by atoms with Crippen LogP contribution in [0.3, 0.4) is 0 Å². The highest BCUT2D eigenvalue weighted by atomic mass is 32.2. The SMILES string of the molecule is COc1ccc(-c2nc(SCc3nc4ccccc4[nH]3)nc(NC3CC3)c2C#N)cc1. The number of benzene rings is 2. The van der Waals surface area contributed by atoms with E-state index in [4.69, 9.17) is 9.72 Å². The van der Waals surface area contributed by atoms with Crippen LogP contribution in [0.1, 0.15) is 24.2 Å². The number of fused-ring (bicyclic) bond motifs is 1. The fourth-order valence-electron chi connectivity index (χ4n) is 3.30. The number of nitriles is 1. The molecular weight excluding hydrogens is 408 g/mol. The van der Waals surface area contributed by atoms with Crippen molar-refractivity contribution >= 4 is 28.6 Å². The Morgan fingerprint density at radius 2 is 1.94 bits per heavy atom. The highest BCUT2D eigenvalue weighted by Crippen LogP contribution is 2.33. The normalized spacial score (nSPS) is 13.2. The minimum absolute atomic E-state index is 0.374. The molecule has 0 bridgehead atoms. The molecule has 8 heteroatoms. The van der Waals surface area contributed by atoms with Crippen LogP contribution in [0.2, 0.25) is 0 Å². The molecule has 2 aromatic carbocycles. The van der Waals surface area contributed by atoms with Crippen LogP contribution in [0.4, 0.5) is 5.82 Å². The van der Waals surface area contributed by atoms with Gasteiger partial charge in [0.15, 0.2) is 5.16 Å². The average Bonchev–Trinajstić information content (AvgIpc) is 3.52. The summed E-state index contributed by atoms with van der Waals surface area (Å²) in [4.78, 5) is 17.4. The van der Waals surface area contributed by atoms with Gasteiger partial charge in [0.05, 0.1) is 29.6 Å². The van der Waals surface area contributed by atoms with E-state index < -0.39 is 0 Å². The summed E-state index contributed by atoms with van der Waals surface area (Å²) in [5.74, 6) is 2.82. The van der Waals surface area contributed by atoms with Gasteiger partial charge in [-0.3, -0.25) is 0 Å². The number of thioether (sulfide) groups is 1. The number of ether oxygens (including phenoxy) is 1. The fraction of sp³-hybridized carbons (Fsp3) is 0.217. The number of para-hydroxylation sites is 2. The Morgan fingerprint density at radius 1 is 1.13 bits per heavy atom. The van der Waals surface area contributed by atoms with E-state index in [2.05, 4.69) is 26.3 Å². The molecule has 1 aliphatic rings. The first-order chi connectivity index (χ1) is 15.2. The molecule has 0 aliphatic heterocycles. The Morgan fingerprint density at radius 3 is 2.65 bits per heavy atom. The molecule has 0 spiro atoms. The number of imidazole rings is 1. The molecule has 2 aromatic heterocycles. The van der Waals surface area contributed by atoms with Crippen LogP contribution in [0, 0.1) is 11.3 Å². The number of anilines is 1. The lowest BCUT2D eigenvalue weighted by Crippen LogP contribution is -2.08. The molecule has 154 valence electrons. The Bertz CT molecular complexity index is 1240. The molecule has 4 aromatic rings. The second-order valence-corrected chi connectivity index (χ2v) is 8.27. The van der Waals surface area contributed by atoms with Gasteiger partial charge >= 0.3 is 0 Å². The van der Waals surface area contributed by atoms with Gasteiger partial charge in [-0.1, -0.05) is 23.9 Å². The third-order valence-corrected chi connectivity index (χ3v) is 5.92. The number of aromatic nitrogens is 4. The second kappa shape index (κ2) is 8.28. The average molecular weight is 429 g/mol. The minimum Gasteiger partial charge on any atom is -0.497 e. The summed E-state index contributed by atoms with van der Waals surface area (Å²) in [7, 11) is 1.63. The van der Waals surface area contributed by atoms with Gasteiger partial charge in [0.25, 0.3) is 0 Å². The Hall–Kier alpha value is -3.57. The molecular formula is C23H20N6OS. The highest BCUT2D eigenvalue weighted by molar-refractivity contribution is 7.98. The molecule has 1 saturated carbocycles. The van der Waals surface area contributed by atoms with Crippen LogP contribution in [0.25, 0.3) is 22.3 Å². The van der Waals surface area contributed by atoms with Crippen LogP contribution < -0.4 is 10.1 Å². The monoisotopic (exact) mass is 428 g/mol. The smallest absolute Gasteiger partial charge is 0.190 e. The molecule has 2 N–H and O–H groups in total. The highest BCUT2D eigenvalue weighted by Gasteiger charge is 2.25. The topological polar surface area (TPSA) is 99.5 Å². The summed E-state index contributed by atoms with van der Waals surface area (Å²) in [5, 5.41) is 13.9. The van der Waals surface area contributed by atoms with Crippen molar-refractivity contribution in [2.45, 2.75) is 29.8 Å². The lowest BCUT2D eigenvalue weighted by Gasteiger charge is -2.12. The summed E-state index contributed by atoms with van der Waals surface area (Å²) in [6, 6.07) is 18.2. The molecule has 1 aliphatic carbocycles. The third kappa shape index (κ3) is 4.18. The number of rotatable bonds is 7. The van der Waals surface area contributed by atoms with Crippen molar-refractivity contribution in [3.05, 3.63) is 59.9 Å². The third-order valence-electron chi connectivity index (χ3n) is 5.06. The van der Waals surface area contributed by atoms with E-state index in [1.807, 2.05) is 48.5 Å². The minimum atomic E-state index is 0.374. The van der Waals surface area contributed by atoms with E-state index in [1.165, 1.54) is 11.8 Å². The van der Waals surface area contributed by atoms with Gasteiger partial charge in [0.1, 0.15) is 29.0 Å². The zero-order valence-corrected chi connectivity index (χ0v) is 17.7. The molecule has 1 fully saturated rings. The summed E-state index contributed by atoms with van der Waals surface area (Å²) in [5.41, 5.74) is 3.88. The van der Waals surface area contributed by atoms with Gasteiger partial charge < -0.3 is 15.0 Å². The largest absolute Gasteiger partial charge is 0.497 e. The van der Waals surface area contributed by atoms with Gasteiger partial charge in [0.2, 0.25) is 0 Å². The zero-order valence-electron chi connectivity index (χ0n) is 16.9. The first kappa shape index (κ1) is 19.4. The quantitative estimate of drug-likeness (QED) is 0.323. The number of nitrogens with one attached hydrogen (secondary N) is 2. The van der Waals surface area contributed by atoms with Gasteiger partial charge in [-0.25, -0.2) is 15.0 Å². The van der Waals surface area contributed by atoms with Crippen LogP contribution in [-0.2, 0) is 5.75 Å². The Labute approximate surface area is 183 Å². The van der Waals surface area contributed by atoms with Crippen molar-refractivity contribution in [2.75, 3.05) is 12.4 Å². The van der Waals surface area contributed by atoms with Crippen molar-refractivity contribution in [1.29, 1.82) is 5.26 Å². The van der Waals surface area contributed by atoms with Gasteiger partial charge in [-0.15, -0.1) is 0 Å². The standard InChI is InChI=1S/C23H20N6OS/c1-30-16-10-6-14(7-11-16)21-17(12-24)22(25-15-8-9-15)29-23(28-21)31-13-20-26-18-4-2-3-5-19(18)27-20/h2-7,10-11,15H,8-9,13H2,1H3,(H,26,27)(H,25,28,29). The molecule has 31 heavy (non-hydrogen) atoms. The number of methoxy groups -OCH3 is 1. The maximum atomic E-state index is 9.86. The summed E-state index contributed by atoms with van der Waals surface area (Å²) in [6.45, 7) is 0. The fourth-order valence-corrected chi connectivity index (χ4v) is 4.02. The first-order valence-electron chi connectivity index (χ1n) is 10.0. The molecule has 7 nitrogen and oxygen atoms in total. The number of H-pyrrole nitrogens is 1. The predicted octanol–water partition coefficient (Wildman–Crippen LogP) is 4.77. The van der Waals surface area contributed by atoms with Gasteiger partial charge in [-0.2, -0.15) is 5.26 Å². The van der Waals surface area contributed by atoms with Crippen molar-refractivity contribution in [2.24, 2.45) is 0 Å². The van der Waals surface area contributed by atoms with E-state index in [0.717, 1.165) is 41.0 Å². The van der Waals surface area contributed by atoms with Crippen molar-refractivity contribution in [1.82, 2.24) is 19.9 Å². The summed E-state index contributed by atoms with van der Waals surface area (Å²) < 4.78 is 5.26. The van der Waals surface area contributed by atoms with Crippen LogP contribution >= 0.6 is 11.8 Å². The lowest BCUT2D eigenvalue weighted by molar-refractivity contribution is 0.415. The van der Waals surface area contributed by atoms with E-state index in [0.29, 0.717) is 34.0 Å². The lowest BCUT2D eigenvalue weighted by atomic mass is 10.1. The number of hydrogen-bond donors (Lipinski definition) is 2. The predicted molar refractivity (Wildman–Crippen MR) is 121 cm³/mol. The first-order valence-corrected chi connectivity index (χ1v) is 11.0. The van der Waals surface area contributed by atoms with Crippen molar-refractivity contribution < 1.29 is 4.74 Å². The Balaban J connectivity index is 1.48. The summed E-state index contributed by atoms with van der Waals surface area (Å²) in [6.07, 6.45) is 2.18. The molecule has 5 rings (SSSR count). The van der Waals surface area contributed by atoms with E-state index >= 15 is 0 Å². The number of hydrogen-bond acceptors (Lipinski definition) is 7. The maximum absolute atomic E-state index is 9.86. The number of nitrogens with zero attached hydrogens (tertiary/aromatic N) is 4. The van der Waals surface area contributed by atoms with Crippen LogP contribution in [-0.4, -0.2) is 33.1 Å². The molecule has 0 saturated heterocycles.